The van der Waals surface area contributed by atoms with E-state index < -0.39 is 17.2 Å². The number of fused-ring (bicyclic) bond motifs is 1. The molecule has 29 heavy (non-hydrogen) atoms. The van der Waals surface area contributed by atoms with Crippen LogP contribution in [0, 0.1) is 0 Å². The van der Waals surface area contributed by atoms with E-state index in [0.29, 0.717) is 5.56 Å². The number of nitrogens with zero attached hydrogens (tertiary/aromatic N) is 4. The van der Waals surface area contributed by atoms with Crippen LogP contribution in [-0.4, -0.2) is 31.3 Å². The Hall–Kier alpha value is -3.88. The lowest BCUT2D eigenvalue weighted by Crippen LogP contribution is -2.37. The molecule has 4 rings (SSSR count). The van der Waals surface area contributed by atoms with Gasteiger partial charge in [-0.2, -0.15) is 0 Å². The molecule has 4 aromatic rings. The molecule has 1 aromatic carbocycles. The van der Waals surface area contributed by atoms with Crippen molar-refractivity contribution in [2.75, 3.05) is 6.61 Å². The van der Waals surface area contributed by atoms with Crippen LogP contribution in [0.25, 0.3) is 22.3 Å². The molecule has 148 valence electrons. The van der Waals surface area contributed by atoms with E-state index in [1.807, 2.05) is 30.3 Å². The molecular weight excluding hydrogens is 376 g/mol. The minimum atomic E-state index is -0.599. The first-order valence-electron chi connectivity index (χ1n) is 8.90. The van der Waals surface area contributed by atoms with Crippen molar-refractivity contribution in [1.82, 2.24) is 18.7 Å². The summed E-state index contributed by atoms with van der Waals surface area (Å²) in [6.07, 6.45) is 2.88. The summed E-state index contributed by atoms with van der Waals surface area (Å²) >= 11 is 0. The number of carbonyl (C=O) groups excluding carboxylic acids is 1. The molecule has 0 aliphatic carbocycles. The third-order valence-corrected chi connectivity index (χ3v) is 4.72. The normalized spacial score (nSPS) is 11.1. The lowest BCUT2D eigenvalue weighted by Gasteiger charge is -2.08. The van der Waals surface area contributed by atoms with Crippen LogP contribution in [0.1, 0.15) is 10.6 Å². The zero-order valence-electron chi connectivity index (χ0n) is 15.9. The van der Waals surface area contributed by atoms with Crippen LogP contribution in [0.4, 0.5) is 0 Å². The lowest BCUT2D eigenvalue weighted by atomic mass is 10.1. The van der Waals surface area contributed by atoms with Gasteiger partial charge in [0.1, 0.15) is 6.61 Å². The third kappa shape index (κ3) is 3.16. The molecule has 0 unspecified atom stereocenters. The number of benzene rings is 1. The minimum absolute atomic E-state index is 0.00518. The summed E-state index contributed by atoms with van der Waals surface area (Å²) < 4.78 is 14.5. The van der Waals surface area contributed by atoms with Crippen LogP contribution in [0.2, 0.25) is 0 Å². The highest BCUT2D eigenvalue weighted by atomic mass is 16.5. The number of imidazole rings is 1. The molecule has 0 fully saturated rings. The number of ether oxygens (including phenoxy) is 1. The number of carbonyl (C=O) groups is 1. The van der Waals surface area contributed by atoms with Crippen molar-refractivity contribution in [2.45, 2.75) is 6.54 Å². The molecule has 0 bridgehead atoms. The maximum absolute atomic E-state index is 12.5. The fraction of sp³-hybridized carbons (Fsp3) is 0.200. The van der Waals surface area contributed by atoms with E-state index in [0.717, 1.165) is 10.1 Å². The fourth-order valence-corrected chi connectivity index (χ4v) is 3.18. The average molecular weight is 394 g/mol. The fourth-order valence-electron chi connectivity index (χ4n) is 3.18. The van der Waals surface area contributed by atoms with E-state index in [9.17, 15) is 14.4 Å². The molecular formula is C20H18N4O5. The van der Waals surface area contributed by atoms with Crippen molar-refractivity contribution in [1.29, 1.82) is 0 Å². The van der Waals surface area contributed by atoms with Crippen molar-refractivity contribution < 1.29 is 13.9 Å². The molecule has 0 N–H and O–H groups in total. The summed E-state index contributed by atoms with van der Waals surface area (Å²) in [5, 5.41) is 0. The van der Waals surface area contributed by atoms with E-state index in [-0.39, 0.29) is 30.1 Å². The number of aromatic nitrogens is 4. The van der Waals surface area contributed by atoms with E-state index in [1.165, 1.54) is 24.2 Å². The Morgan fingerprint density at radius 1 is 1.10 bits per heavy atom. The van der Waals surface area contributed by atoms with Gasteiger partial charge in [0.2, 0.25) is 5.76 Å². The molecule has 0 atom stereocenters. The van der Waals surface area contributed by atoms with Gasteiger partial charge in [0.25, 0.3) is 5.56 Å². The van der Waals surface area contributed by atoms with Crippen LogP contribution >= 0.6 is 0 Å². The molecule has 0 radical (unpaired) electrons. The maximum atomic E-state index is 12.5. The predicted octanol–water partition coefficient (Wildman–Crippen LogP) is 1.55. The number of hydrogen-bond acceptors (Lipinski definition) is 6. The van der Waals surface area contributed by atoms with Crippen molar-refractivity contribution >= 4 is 17.1 Å². The van der Waals surface area contributed by atoms with Gasteiger partial charge in [-0.15, -0.1) is 0 Å². The second-order valence-electron chi connectivity index (χ2n) is 6.48. The third-order valence-electron chi connectivity index (χ3n) is 4.72. The highest BCUT2D eigenvalue weighted by molar-refractivity contribution is 5.94. The molecule has 0 aliphatic rings. The Bertz CT molecular complexity index is 1310. The monoisotopic (exact) mass is 394 g/mol. The first-order chi connectivity index (χ1) is 14.0. The number of aryl methyl sites for hydroxylation is 1. The summed E-state index contributed by atoms with van der Waals surface area (Å²) in [6, 6.07) is 11.1. The van der Waals surface area contributed by atoms with Crippen LogP contribution < -0.4 is 11.2 Å². The summed E-state index contributed by atoms with van der Waals surface area (Å²) in [4.78, 5) is 41.0. The SMILES string of the molecule is Cn1c(=O)c2c(ncn2CCOC(=O)c2occc2-c2ccccc2)n(C)c1=O. The summed E-state index contributed by atoms with van der Waals surface area (Å²) in [7, 11) is 2.95. The second-order valence-corrected chi connectivity index (χ2v) is 6.48. The molecule has 0 saturated heterocycles. The Kier molecular flexibility index (Phi) is 4.63. The van der Waals surface area contributed by atoms with Gasteiger partial charge >= 0.3 is 11.7 Å². The van der Waals surface area contributed by atoms with E-state index in [4.69, 9.17) is 9.15 Å². The van der Waals surface area contributed by atoms with Gasteiger partial charge in [-0.05, 0) is 11.6 Å². The zero-order chi connectivity index (χ0) is 20.5. The summed E-state index contributed by atoms with van der Waals surface area (Å²) in [5.41, 5.74) is 1.14. The van der Waals surface area contributed by atoms with Crippen molar-refractivity contribution in [2.24, 2.45) is 14.1 Å². The van der Waals surface area contributed by atoms with Crippen LogP contribution in [0.15, 0.2) is 63.0 Å². The van der Waals surface area contributed by atoms with Gasteiger partial charge in [-0.3, -0.25) is 13.9 Å². The lowest BCUT2D eigenvalue weighted by molar-refractivity contribution is 0.0457. The Morgan fingerprint density at radius 3 is 2.62 bits per heavy atom. The van der Waals surface area contributed by atoms with E-state index in [2.05, 4.69) is 4.98 Å². The summed E-state index contributed by atoms with van der Waals surface area (Å²) in [5.74, 6) is -0.483. The maximum Gasteiger partial charge on any atom is 0.374 e. The Balaban J connectivity index is 1.52. The average Bonchev–Trinajstić information content (AvgIpc) is 3.39. The van der Waals surface area contributed by atoms with Crippen molar-refractivity contribution in [3.05, 3.63) is 75.6 Å². The minimum Gasteiger partial charge on any atom is -0.458 e. The topological polar surface area (TPSA) is 101 Å². The van der Waals surface area contributed by atoms with Gasteiger partial charge in [0.05, 0.1) is 19.1 Å². The number of furan rings is 1. The van der Waals surface area contributed by atoms with Crippen LogP contribution in [0.3, 0.4) is 0 Å². The van der Waals surface area contributed by atoms with Crippen LogP contribution in [-0.2, 0) is 25.4 Å². The second kappa shape index (κ2) is 7.27. The van der Waals surface area contributed by atoms with Crippen molar-refractivity contribution in [3.8, 4) is 11.1 Å². The summed E-state index contributed by atoms with van der Waals surface area (Å²) in [6.45, 7) is 0.211. The molecule has 0 amide bonds. The highest BCUT2D eigenvalue weighted by Crippen LogP contribution is 2.25. The molecule has 0 saturated carbocycles. The van der Waals surface area contributed by atoms with Gasteiger partial charge in [0.15, 0.2) is 11.2 Å². The molecule has 3 heterocycles. The zero-order valence-corrected chi connectivity index (χ0v) is 15.9. The first-order valence-corrected chi connectivity index (χ1v) is 8.90. The molecule has 9 nitrogen and oxygen atoms in total. The smallest absolute Gasteiger partial charge is 0.374 e. The quantitative estimate of drug-likeness (QED) is 0.476. The standard InChI is InChI=1S/C20H18N4O5/c1-22-17-15(18(25)23(2)20(22)27)24(12-21-17)9-11-29-19(26)16-14(8-10-28-16)13-6-4-3-5-7-13/h3-8,10,12H,9,11H2,1-2H3. The van der Waals surface area contributed by atoms with Gasteiger partial charge in [-0.1, -0.05) is 30.3 Å². The first kappa shape index (κ1) is 18.5. The number of hydrogen-bond donors (Lipinski definition) is 0. The van der Waals surface area contributed by atoms with Gasteiger partial charge in [-0.25, -0.2) is 14.6 Å². The Morgan fingerprint density at radius 2 is 1.86 bits per heavy atom. The highest BCUT2D eigenvalue weighted by Gasteiger charge is 2.19. The number of rotatable bonds is 5. The predicted molar refractivity (Wildman–Crippen MR) is 105 cm³/mol. The molecule has 0 spiro atoms. The molecule has 3 aromatic heterocycles. The van der Waals surface area contributed by atoms with Gasteiger partial charge in [0, 0.05) is 19.7 Å². The van der Waals surface area contributed by atoms with Crippen LogP contribution in [0.5, 0.6) is 0 Å². The van der Waals surface area contributed by atoms with Gasteiger partial charge < -0.3 is 13.7 Å². The number of esters is 1. The van der Waals surface area contributed by atoms with E-state index >= 15 is 0 Å². The Labute approximate surface area is 164 Å². The molecule has 9 heteroatoms. The molecule has 0 aliphatic heterocycles. The van der Waals surface area contributed by atoms with E-state index in [1.54, 1.807) is 17.7 Å². The largest absolute Gasteiger partial charge is 0.458 e. The van der Waals surface area contributed by atoms with Crippen molar-refractivity contribution in [3.63, 3.8) is 0 Å².